The highest BCUT2D eigenvalue weighted by Crippen LogP contribution is 2.36. The fourth-order valence-electron chi connectivity index (χ4n) is 2.83. The quantitative estimate of drug-likeness (QED) is 0.580. The summed E-state index contributed by atoms with van der Waals surface area (Å²) in [5, 5.41) is 25.6. The molecule has 4 rings (SSSR count). The van der Waals surface area contributed by atoms with Gasteiger partial charge >= 0.3 is 5.69 Å². The predicted octanol–water partition coefficient (Wildman–Crippen LogP) is 1.93. The number of H-pyrrole nitrogens is 1. The Bertz CT molecular complexity index is 857. The van der Waals surface area contributed by atoms with Gasteiger partial charge in [-0.3, -0.25) is 15.2 Å². The van der Waals surface area contributed by atoms with Crippen LogP contribution < -0.4 is 4.90 Å². The lowest BCUT2D eigenvalue weighted by molar-refractivity contribution is -0.383. The van der Waals surface area contributed by atoms with Crippen molar-refractivity contribution in [2.75, 3.05) is 11.4 Å². The Morgan fingerprint density at radius 2 is 2.13 bits per heavy atom. The zero-order valence-electron chi connectivity index (χ0n) is 12.0. The van der Waals surface area contributed by atoms with E-state index in [9.17, 15) is 10.1 Å². The fraction of sp³-hybridized carbons (Fsp3) is 0.214. The number of hydrogen-bond acceptors (Lipinski definition) is 7. The second kappa shape index (κ2) is 5.20. The lowest BCUT2D eigenvalue weighted by Gasteiger charge is -2.28. The van der Waals surface area contributed by atoms with Crippen molar-refractivity contribution in [2.45, 2.75) is 13.0 Å². The molecule has 9 nitrogen and oxygen atoms in total. The Balaban J connectivity index is 1.74. The third-order valence-corrected chi connectivity index (χ3v) is 3.91. The summed E-state index contributed by atoms with van der Waals surface area (Å²) in [5.74, 6) is 0.338. The predicted molar refractivity (Wildman–Crippen MR) is 79.7 cm³/mol. The van der Waals surface area contributed by atoms with Crippen molar-refractivity contribution in [1.82, 2.24) is 20.4 Å². The molecule has 23 heavy (non-hydrogen) atoms. The highest BCUT2D eigenvalue weighted by Gasteiger charge is 2.32. The van der Waals surface area contributed by atoms with Crippen LogP contribution in [0.5, 0.6) is 0 Å². The van der Waals surface area contributed by atoms with Gasteiger partial charge in [0.1, 0.15) is 0 Å². The van der Waals surface area contributed by atoms with Gasteiger partial charge in [0, 0.05) is 13.1 Å². The Morgan fingerprint density at radius 3 is 2.87 bits per heavy atom. The molecule has 0 fully saturated rings. The standard InChI is InChI=1S/C14H12N6O3/c21-20(22)12-11(14-18-15-8-23-14)16-17-13(12)19-6-5-9-3-1-2-4-10(9)7-19/h1-4,8H,5-7H2,(H,16,17). The van der Waals surface area contributed by atoms with E-state index in [1.165, 1.54) is 5.56 Å². The lowest BCUT2D eigenvalue weighted by atomic mass is 10.00. The largest absolute Gasteiger partial charge is 0.422 e. The molecule has 0 saturated heterocycles. The summed E-state index contributed by atoms with van der Waals surface area (Å²) in [7, 11) is 0. The lowest BCUT2D eigenvalue weighted by Crippen LogP contribution is -2.31. The van der Waals surface area contributed by atoms with Crippen LogP contribution in [0.15, 0.2) is 35.1 Å². The first-order valence-corrected chi connectivity index (χ1v) is 7.05. The van der Waals surface area contributed by atoms with Gasteiger partial charge in [0.25, 0.3) is 5.89 Å². The number of nitrogens with zero attached hydrogens (tertiary/aromatic N) is 5. The number of aromatic nitrogens is 4. The molecule has 1 aromatic carbocycles. The van der Waals surface area contributed by atoms with Crippen LogP contribution in [0.1, 0.15) is 11.1 Å². The zero-order chi connectivity index (χ0) is 15.8. The first-order valence-electron chi connectivity index (χ1n) is 7.05. The van der Waals surface area contributed by atoms with E-state index in [-0.39, 0.29) is 23.1 Å². The first-order chi connectivity index (χ1) is 11.2. The maximum atomic E-state index is 11.5. The number of benzene rings is 1. The van der Waals surface area contributed by atoms with Crippen LogP contribution in [0.3, 0.4) is 0 Å². The summed E-state index contributed by atoms with van der Waals surface area (Å²) < 4.78 is 5.05. The summed E-state index contributed by atoms with van der Waals surface area (Å²) in [5.41, 5.74) is 2.39. The van der Waals surface area contributed by atoms with E-state index in [0.717, 1.165) is 18.4 Å². The molecule has 1 aliphatic heterocycles. The van der Waals surface area contributed by atoms with E-state index < -0.39 is 4.92 Å². The van der Waals surface area contributed by atoms with E-state index in [1.807, 2.05) is 23.1 Å². The topological polar surface area (TPSA) is 114 Å². The molecule has 0 atom stereocenters. The number of fused-ring (bicyclic) bond motifs is 1. The number of hydrogen-bond donors (Lipinski definition) is 1. The van der Waals surface area contributed by atoms with Gasteiger partial charge < -0.3 is 9.32 Å². The van der Waals surface area contributed by atoms with Crippen molar-refractivity contribution in [3.05, 3.63) is 51.9 Å². The Labute approximate surface area is 130 Å². The highest BCUT2D eigenvalue weighted by atomic mass is 16.6. The summed E-state index contributed by atoms with van der Waals surface area (Å²) in [6.45, 7) is 1.23. The molecule has 0 saturated carbocycles. The minimum atomic E-state index is -0.473. The van der Waals surface area contributed by atoms with E-state index in [0.29, 0.717) is 13.1 Å². The maximum Gasteiger partial charge on any atom is 0.343 e. The van der Waals surface area contributed by atoms with Gasteiger partial charge in [0.2, 0.25) is 17.9 Å². The number of anilines is 1. The highest BCUT2D eigenvalue weighted by molar-refractivity contribution is 5.74. The van der Waals surface area contributed by atoms with Crippen LogP contribution in [0, 0.1) is 10.1 Å². The normalized spacial score (nSPS) is 13.8. The van der Waals surface area contributed by atoms with Gasteiger partial charge in [-0.25, -0.2) is 0 Å². The molecular weight excluding hydrogens is 300 g/mol. The number of rotatable bonds is 3. The Kier molecular flexibility index (Phi) is 3.04. The van der Waals surface area contributed by atoms with Gasteiger partial charge in [0.15, 0.2) is 0 Å². The second-order valence-corrected chi connectivity index (χ2v) is 5.21. The van der Waals surface area contributed by atoms with Gasteiger partial charge in [-0.15, -0.1) is 15.3 Å². The zero-order valence-corrected chi connectivity index (χ0v) is 12.0. The summed E-state index contributed by atoms with van der Waals surface area (Å²) in [6, 6.07) is 8.07. The average molecular weight is 312 g/mol. The van der Waals surface area contributed by atoms with Gasteiger partial charge in [-0.2, -0.15) is 0 Å². The van der Waals surface area contributed by atoms with Crippen molar-refractivity contribution in [3.8, 4) is 11.6 Å². The molecule has 3 aromatic rings. The molecule has 0 amide bonds. The number of aromatic amines is 1. The van der Waals surface area contributed by atoms with Crippen molar-refractivity contribution in [2.24, 2.45) is 0 Å². The summed E-state index contributed by atoms with van der Waals surface area (Å²) in [4.78, 5) is 12.9. The molecule has 1 N–H and O–H groups in total. The molecular formula is C14H12N6O3. The van der Waals surface area contributed by atoms with E-state index in [2.05, 4.69) is 26.5 Å². The van der Waals surface area contributed by atoms with Crippen LogP contribution >= 0.6 is 0 Å². The van der Waals surface area contributed by atoms with Gasteiger partial charge in [-0.1, -0.05) is 24.3 Å². The number of nitro groups is 1. The smallest absolute Gasteiger partial charge is 0.343 e. The molecule has 0 radical (unpaired) electrons. The molecule has 116 valence electrons. The second-order valence-electron chi connectivity index (χ2n) is 5.21. The monoisotopic (exact) mass is 312 g/mol. The van der Waals surface area contributed by atoms with Crippen LogP contribution in [-0.4, -0.2) is 31.9 Å². The van der Waals surface area contributed by atoms with Crippen molar-refractivity contribution in [1.29, 1.82) is 0 Å². The van der Waals surface area contributed by atoms with Crippen LogP contribution in [0.4, 0.5) is 11.5 Å². The van der Waals surface area contributed by atoms with Crippen LogP contribution in [0.25, 0.3) is 11.6 Å². The first kappa shape index (κ1) is 13.4. The van der Waals surface area contributed by atoms with Crippen molar-refractivity contribution >= 4 is 11.5 Å². The summed E-state index contributed by atoms with van der Waals surface area (Å²) in [6.07, 6.45) is 1.94. The summed E-state index contributed by atoms with van der Waals surface area (Å²) >= 11 is 0. The van der Waals surface area contributed by atoms with Gasteiger partial charge in [0.05, 0.1) is 4.92 Å². The molecule has 0 spiro atoms. The average Bonchev–Trinajstić information content (AvgIpc) is 3.23. The SMILES string of the molecule is O=[N+]([O-])c1c(N2CCc3ccccc3C2)n[nH]c1-c1nnco1. The fourth-order valence-corrected chi connectivity index (χ4v) is 2.83. The van der Waals surface area contributed by atoms with Gasteiger partial charge in [-0.05, 0) is 17.5 Å². The third-order valence-electron chi connectivity index (χ3n) is 3.91. The molecule has 0 aliphatic carbocycles. The minimum Gasteiger partial charge on any atom is -0.422 e. The Hall–Kier alpha value is -3.23. The third kappa shape index (κ3) is 2.22. The molecule has 0 unspecified atom stereocenters. The van der Waals surface area contributed by atoms with E-state index in [1.54, 1.807) is 0 Å². The number of nitrogens with one attached hydrogen (secondary N) is 1. The van der Waals surface area contributed by atoms with E-state index in [4.69, 9.17) is 4.42 Å². The van der Waals surface area contributed by atoms with Crippen molar-refractivity contribution < 1.29 is 9.34 Å². The molecule has 9 heteroatoms. The molecule has 3 heterocycles. The Morgan fingerprint density at radius 1 is 1.30 bits per heavy atom. The van der Waals surface area contributed by atoms with Crippen LogP contribution in [-0.2, 0) is 13.0 Å². The minimum absolute atomic E-state index is 0.0489. The maximum absolute atomic E-state index is 11.5. The molecule has 1 aliphatic rings. The molecule has 0 bridgehead atoms. The van der Waals surface area contributed by atoms with E-state index >= 15 is 0 Å². The van der Waals surface area contributed by atoms with Crippen molar-refractivity contribution in [3.63, 3.8) is 0 Å². The van der Waals surface area contributed by atoms with Crippen LogP contribution in [0.2, 0.25) is 0 Å². The molecule has 2 aromatic heterocycles.